The van der Waals surface area contributed by atoms with E-state index in [0.717, 1.165) is 5.69 Å². The lowest BCUT2D eigenvalue weighted by molar-refractivity contribution is 0.102. The highest BCUT2D eigenvalue weighted by atomic mass is 16.6. The summed E-state index contributed by atoms with van der Waals surface area (Å²) in [6, 6.07) is 12.6. The predicted molar refractivity (Wildman–Crippen MR) is 104 cm³/mol. The van der Waals surface area contributed by atoms with Gasteiger partial charge < -0.3 is 20.1 Å². The second-order valence-corrected chi connectivity index (χ2v) is 6.17. The average molecular weight is 377 g/mol. The molecule has 0 atom stereocenters. The number of nitrogens with zero attached hydrogens (tertiary/aromatic N) is 3. The van der Waals surface area contributed by atoms with Crippen LogP contribution in [0.15, 0.2) is 48.7 Å². The lowest BCUT2D eigenvalue weighted by Gasteiger charge is -2.19. The van der Waals surface area contributed by atoms with E-state index < -0.39 is 0 Å². The molecule has 1 amide bonds. The van der Waals surface area contributed by atoms with Crippen molar-refractivity contribution in [2.75, 3.05) is 23.8 Å². The van der Waals surface area contributed by atoms with Crippen LogP contribution in [0.25, 0.3) is 0 Å². The molecule has 8 nitrogen and oxygen atoms in total. The van der Waals surface area contributed by atoms with Crippen LogP contribution in [0, 0.1) is 6.92 Å². The highest BCUT2D eigenvalue weighted by Gasteiger charge is 2.15. The van der Waals surface area contributed by atoms with Crippen molar-refractivity contribution in [2.45, 2.75) is 13.5 Å². The summed E-state index contributed by atoms with van der Waals surface area (Å²) in [5.41, 5.74) is 1.75. The van der Waals surface area contributed by atoms with Gasteiger partial charge in [0.05, 0.1) is 12.2 Å². The van der Waals surface area contributed by atoms with E-state index in [2.05, 4.69) is 25.6 Å². The Morgan fingerprint density at radius 1 is 1.07 bits per heavy atom. The van der Waals surface area contributed by atoms with Gasteiger partial charge in [-0.05, 0) is 31.2 Å². The number of ether oxygens (including phenoxy) is 2. The van der Waals surface area contributed by atoms with Crippen molar-refractivity contribution in [1.82, 2.24) is 15.0 Å². The summed E-state index contributed by atoms with van der Waals surface area (Å²) in [5, 5.41) is 6.00. The molecule has 0 saturated heterocycles. The van der Waals surface area contributed by atoms with Crippen LogP contribution < -0.4 is 20.1 Å². The van der Waals surface area contributed by atoms with Gasteiger partial charge in [-0.3, -0.25) is 9.78 Å². The maximum atomic E-state index is 12.6. The SMILES string of the molecule is Cc1nc(NCc2ccccn2)cc(C(=O)Nc2ccc3c(c2)OCCO3)n1. The Morgan fingerprint density at radius 3 is 2.75 bits per heavy atom. The van der Waals surface area contributed by atoms with E-state index in [0.29, 0.717) is 48.6 Å². The summed E-state index contributed by atoms with van der Waals surface area (Å²) < 4.78 is 11.0. The van der Waals surface area contributed by atoms with Gasteiger partial charge in [0, 0.05) is 24.0 Å². The smallest absolute Gasteiger partial charge is 0.274 e. The number of anilines is 2. The van der Waals surface area contributed by atoms with Crippen molar-refractivity contribution in [2.24, 2.45) is 0 Å². The van der Waals surface area contributed by atoms with Crippen LogP contribution in [0.2, 0.25) is 0 Å². The molecule has 0 saturated carbocycles. The van der Waals surface area contributed by atoms with E-state index in [1.165, 1.54) is 0 Å². The monoisotopic (exact) mass is 377 g/mol. The normalized spacial score (nSPS) is 12.3. The fourth-order valence-electron chi connectivity index (χ4n) is 2.77. The zero-order valence-electron chi connectivity index (χ0n) is 15.3. The first-order valence-corrected chi connectivity index (χ1v) is 8.88. The van der Waals surface area contributed by atoms with Gasteiger partial charge in [0.25, 0.3) is 5.91 Å². The third kappa shape index (κ3) is 4.17. The first-order chi connectivity index (χ1) is 13.7. The Morgan fingerprint density at radius 2 is 1.93 bits per heavy atom. The van der Waals surface area contributed by atoms with Crippen LogP contribution in [0.3, 0.4) is 0 Å². The Bertz CT molecular complexity index is 994. The molecule has 4 rings (SSSR count). The summed E-state index contributed by atoms with van der Waals surface area (Å²) in [5.74, 6) is 2.01. The van der Waals surface area contributed by atoms with Crippen LogP contribution in [-0.2, 0) is 6.54 Å². The Labute approximate surface area is 162 Å². The summed E-state index contributed by atoms with van der Waals surface area (Å²) >= 11 is 0. The van der Waals surface area contributed by atoms with Crippen LogP contribution in [0.1, 0.15) is 22.0 Å². The summed E-state index contributed by atoms with van der Waals surface area (Å²) in [6.07, 6.45) is 1.73. The van der Waals surface area contributed by atoms with Crippen LogP contribution >= 0.6 is 0 Å². The third-order valence-electron chi connectivity index (χ3n) is 4.05. The lowest BCUT2D eigenvalue weighted by atomic mass is 10.2. The van der Waals surface area contributed by atoms with Gasteiger partial charge in [0.1, 0.15) is 30.5 Å². The Kier molecular flexibility index (Phi) is 5.01. The van der Waals surface area contributed by atoms with E-state index in [9.17, 15) is 4.79 Å². The zero-order valence-corrected chi connectivity index (χ0v) is 15.3. The minimum absolute atomic E-state index is 0.269. The zero-order chi connectivity index (χ0) is 19.3. The van der Waals surface area contributed by atoms with E-state index in [1.807, 2.05) is 18.2 Å². The molecule has 2 aromatic heterocycles. The predicted octanol–water partition coefficient (Wildman–Crippen LogP) is 2.82. The number of benzene rings is 1. The van der Waals surface area contributed by atoms with Gasteiger partial charge in [0.2, 0.25) is 0 Å². The third-order valence-corrected chi connectivity index (χ3v) is 4.05. The molecule has 0 bridgehead atoms. The maximum absolute atomic E-state index is 12.6. The highest BCUT2D eigenvalue weighted by molar-refractivity contribution is 6.03. The van der Waals surface area contributed by atoms with Gasteiger partial charge in [0.15, 0.2) is 11.5 Å². The number of aryl methyl sites for hydroxylation is 1. The second-order valence-electron chi connectivity index (χ2n) is 6.17. The number of aromatic nitrogens is 3. The van der Waals surface area contributed by atoms with Crippen molar-refractivity contribution >= 4 is 17.4 Å². The molecule has 0 aliphatic carbocycles. The van der Waals surface area contributed by atoms with Crippen molar-refractivity contribution in [3.63, 3.8) is 0 Å². The first-order valence-electron chi connectivity index (χ1n) is 8.88. The van der Waals surface area contributed by atoms with Gasteiger partial charge in [-0.15, -0.1) is 0 Å². The fourth-order valence-corrected chi connectivity index (χ4v) is 2.77. The van der Waals surface area contributed by atoms with Gasteiger partial charge in [-0.2, -0.15) is 0 Å². The number of carbonyl (C=O) groups is 1. The molecule has 0 spiro atoms. The van der Waals surface area contributed by atoms with Crippen LogP contribution in [0.5, 0.6) is 11.5 Å². The van der Waals surface area contributed by atoms with Crippen LogP contribution in [0.4, 0.5) is 11.5 Å². The molecule has 3 heterocycles. The maximum Gasteiger partial charge on any atom is 0.274 e. The van der Waals surface area contributed by atoms with E-state index >= 15 is 0 Å². The summed E-state index contributed by atoms with van der Waals surface area (Å²) in [6.45, 7) is 3.25. The number of amides is 1. The lowest BCUT2D eigenvalue weighted by Crippen LogP contribution is -2.17. The molecule has 0 unspecified atom stereocenters. The van der Waals surface area contributed by atoms with Crippen molar-refractivity contribution in [3.8, 4) is 11.5 Å². The quantitative estimate of drug-likeness (QED) is 0.705. The molecule has 1 aliphatic rings. The molecule has 3 aromatic rings. The molecule has 1 aromatic carbocycles. The number of fused-ring (bicyclic) bond motifs is 1. The second kappa shape index (κ2) is 7.91. The molecule has 0 fully saturated rings. The minimum Gasteiger partial charge on any atom is -0.486 e. The van der Waals surface area contributed by atoms with Gasteiger partial charge in [-0.1, -0.05) is 6.07 Å². The summed E-state index contributed by atoms with van der Waals surface area (Å²) in [4.78, 5) is 25.5. The molecule has 0 radical (unpaired) electrons. The van der Waals surface area contributed by atoms with Crippen molar-refractivity contribution in [1.29, 1.82) is 0 Å². The van der Waals surface area contributed by atoms with E-state index in [4.69, 9.17) is 9.47 Å². The standard InChI is InChI=1S/C20H19N5O3/c1-13-23-16(11-19(24-13)22-12-15-4-2-3-7-21-15)20(26)25-14-5-6-17-18(10-14)28-9-8-27-17/h2-7,10-11H,8-9,12H2,1H3,(H,25,26)(H,22,23,24). The molecule has 1 aliphatic heterocycles. The molecular formula is C20H19N5O3. The van der Waals surface area contributed by atoms with E-state index in [1.54, 1.807) is 37.4 Å². The van der Waals surface area contributed by atoms with Gasteiger partial charge in [-0.25, -0.2) is 9.97 Å². The number of hydrogen-bond donors (Lipinski definition) is 2. The Hall–Kier alpha value is -3.68. The number of rotatable bonds is 5. The molecule has 28 heavy (non-hydrogen) atoms. The molecule has 2 N–H and O–H groups in total. The minimum atomic E-state index is -0.330. The van der Waals surface area contributed by atoms with Crippen LogP contribution in [-0.4, -0.2) is 34.1 Å². The van der Waals surface area contributed by atoms with E-state index in [-0.39, 0.29) is 11.6 Å². The molecule has 8 heteroatoms. The van der Waals surface area contributed by atoms with Crippen molar-refractivity contribution < 1.29 is 14.3 Å². The number of hydrogen-bond acceptors (Lipinski definition) is 7. The molecular weight excluding hydrogens is 358 g/mol. The molecule has 142 valence electrons. The average Bonchev–Trinajstić information content (AvgIpc) is 2.72. The fraction of sp³-hybridized carbons (Fsp3) is 0.200. The van der Waals surface area contributed by atoms with Gasteiger partial charge >= 0.3 is 0 Å². The largest absolute Gasteiger partial charge is 0.486 e. The van der Waals surface area contributed by atoms with Crippen molar-refractivity contribution in [3.05, 3.63) is 65.9 Å². The Balaban J connectivity index is 1.47. The number of nitrogens with one attached hydrogen (secondary N) is 2. The number of pyridine rings is 1. The highest BCUT2D eigenvalue weighted by Crippen LogP contribution is 2.32. The summed E-state index contributed by atoms with van der Waals surface area (Å²) in [7, 11) is 0. The topological polar surface area (TPSA) is 98.3 Å². The number of carbonyl (C=O) groups excluding carboxylic acids is 1. The first kappa shape index (κ1) is 17.7.